The van der Waals surface area contributed by atoms with Gasteiger partial charge in [-0.25, -0.2) is 0 Å². The molecular weight excluding hydrogens is 392 g/mol. The summed E-state index contributed by atoms with van der Waals surface area (Å²) in [5.74, 6) is -0.840. The van der Waals surface area contributed by atoms with Gasteiger partial charge in [-0.15, -0.1) is 0 Å². The summed E-state index contributed by atoms with van der Waals surface area (Å²) >= 11 is 3.28. The molecule has 0 atom stereocenters. The number of nitro groups is 1. The van der Waals surface area contributed by atoms with E-state index in [4.69, 9.17) is 4.74 Å². The van der Waals surface area contributed by atoms with Gasteiger partial charge in [0.25, 0.3) is 11.6 Å². The number of para-hydroxylation sites is 1. The molecule has 0 heterocycles. The Kier molecular flexibility index (Phi) is 6.64. The Hall–Kier alpha value is -2.74. The van der Waals surface area contributed by atoms with Gasteiger partial charge in [0.15, 0.2) is 0 Å². The predicted molar refractivity (Wildman–Crippen MR) is 94.0 cm³/mol. The third kappa shape index (κ3) is 5.68. The number of hydrogen-bond acceptors (Lipinski definition) is 5. The number of hydrogen-bond donors (Lipinski definition) is 1. The topological polar surface area (TPSA) is 98.5 Å². The Labute approximate surface area is 152 Å². The van der Waals surface area contributed by atoms with Gasteiger partial charge in [0.05, 0.1) is 16.9 Å². The van der Waals surface area contributed by atoms with E-state index >= 15 is 0 Å². The molecule has 0 aliphatic rings. The summed E-state index contributed by atoms with van der Waals surface area (Å²) in [5, 5.41) is 13.5. The molecule has 2 rings (SSSR count). The van der Waals surface area contributed by atoms with Crippen LogP contribution >= 0.6 is 15.9 Å². The lowest BCUT2D eigenvalue weighted by Gasteiger charge is -2.07. The monoisotopic (exact) mass is 406 g/mol. The molecule has 0 aromatic heterocycles. The first-order chi connectivity index (χ1) is 12.0. The number of halogens is 1. The number of rotatable bonds is 7. The number of ether oxygens (including phenoxy) is 1. The summed E-state index contributed by atoms with van der Waals surface area (Å²) < 4.78 is 5.88. The lowest BCUT2D eigenvalue weighted by Crippen LogP contribution is -2.26. The average molecular weight is 407 g/mol. The first-order valence-corrected chi connectivity index (χ1v) is 8.18. The third-order valence-corrected chi connectivity index (χ3v) is 3.83. The van der Waals surface area contributed by atoms with E-state index in [-0.39, 0.29) is 31.2 Å². The van der Waals surface area contributed by atoms with Crippen LogP contribution in [0.5, 0.6) is 0 Å². The average Bonchev–Trinajstić information content (AvgIpc) is 2.60. The zero-order chi connectivity index (χ0) is 18.2. The Balaban J connectivity index is 1.77. The summed E-state index contributed by atoms with van der Waals surface area (Å²) in [6, 6.07) is 12.9. The quantitative estimate of drug-likeness (QED) is 0.432. The molecule has 7 nitrogen and oxygen atoms in total. The number of carbonyl (C=O) groups excluding carboxylic acids is 2. The van der Waals surface area contributed by atoms with Crippen molar-refractivity contribution >= 4 is 33.5 Å². The lowest BCUT2D eigenvalue weighted by molar-refractivity contribution is -0.385. The van der Waals surface area contributed by atoms with E-state index in [1.807, 2.05) is 0 Å². The fourth-order valence-corrected chi connectivity index (χ4v) is 2.29. The number of nitro benzene ring substituents is 1. The molecule has 130 valence electrons. The first kappa shape index (κ1) is 18.6. The minimum atomic E-state index is -0.547. The van der Waals surface area contributed by atoms with Crippen molar-refractivity contribution < 1.29 is 19.2 Å². The van der Waals surface area contributed by atoms with Gasteiger partial charge < -0.3 is 10.1 Å². The molecule has 8 heteroatoms. The van der Waals surface area contributed by atoms with Crippen LogP contribution in [0.1, 0.15) is 22.3 Å². The van der Waals surface area contributed by atoms with Crippen molar-refractivity contribution in [1.82, 2.24) is 5.32 Å². The zero-order valence-corrected chi connectivity index (χ0v) is 14.7. The molecule has 1 N–H and O–H groups in total. The minimum absolute atomic E-state index is 0.0249. The maximum absolute atomic E-state index is 11.9. The smallest absolute Gasteiger partial charge is 0.307 e. The van der Waals surface area contributed by atoms with Crippen LogP contribution in [0, 0.1) is 10.1 Å². The first-order valence-electron chi connectivity index (χ1n) is 7.39. The Morgan fingerprint density at radius 1 is 1.12 bits per heavy atom. The summed E-state index contributed by atoms with van der Waals surface area (Å²) in [5.41, 5.74) is 0.704. The largest absolute Gasteiger partial charge is 0.460 e. The molecule has 0 aliphatic carbocycles. The van der Waals surface area contributed by atoms with Crippen LogP contribution in [0.4, 0.5) is 5.69 Å². The maximum atomic E-state index is 11.9. The van der Waals surface area contributed by atoms with Gasteiger partial charge in [-0.05, 0) is 30.3 Å². The van der Waals surface area contributed by atoms with Gasteiger partial charge in [-0.1, -0.05) is 28.1 Å². The number of carbonyl (C=O) groups is 2. The molecular formula is C17H15BrN2O5. The van der Waals surface area contributed by atoms with Gasteiger partial charge in [0.2, 0.25) is 0 Å². The molecule has 2 aromatic carbocycles. The molecule has 0 aliphatic heterocycles. The predicted octanol–water partition coefficient (Wildman–Crippen LogP) is 3.22. The second-order valence-electron chi connectivity index (χ2n) is 5.06. The van der Waals surface area contributed by atoms with E-state index < -0.39 is 10.9 Å². The molecule has 0 spiro atoms. The molecule has 1 amide bonds. The maximum Gasteiger partial charge on any atom is 0.307 e. The Morgan fingerprint density at radius 3 is 2.48 bits per heavy atom. The van der Waals surface area contributed by atoms with Crippen molar-refractivity contribution in [3.8, 4) is 0 Å². The second kappa shape index (κ2) is 8.93. The third-order valence-electron chi connectivity index (χ3n) is 3.30. The molecule has 0 fully saturated rings. The SMILES string of the molecule is O=C(CCNC(=O)c1ccc(Br)cc1)OCc1ccccc1[N+](=O)[O-]. The summed E-state index contributed by atoms with van der Waals surface area (Å²) in [4.78, 5) is 34.0. The van der Waals surface area contributed by atoms with E-state index in [1.54, 1.807) is 36.4 Å². The number of amides is 1. The standard InChI is InChI=1S/C17H15BrN2O5/c18-14-7-5-12(6-8-14)17(22)19-10-9-16(21)25-11-13-3-1-2-4-15(13)20(23)24/h1-8H,9-11H2,(H,19,22). The number of nitrogens with zero attached hydrogens (tertiary/aromatic N) is 1. The fourth-order valence-electron chi connectivity index (χ4n) is 2.02. The van der Waals surface area contributed by atoms with Gasteiger partial charge >= 0.3 is 5.97 Å². The highest BCUT2D eigenvalue weighted by Crippen LogP contribution is 2.18. The van der Waals surface area contributed by atoms with E-state index in [1.165, 1.54) is 12.1 Å². The van der Waals surface area contributed by atoms with E-state index in [0.717, 1.165) is 4.47 Å². The summed E-state index contributed by atoms with van der Waals surface area (Å²) in [7, 11) is 0. The molecule has 0 saturated heterocycles. The van der Waals surface area contributed by atoms with Crippen LogP contribution in [0.3, 0.4) is 0 Å². The van der Waals surface area contributed by atoms with Gasteiger partial charge in [-0.3, -0.25) is 19.7 Å². The molecule has 0 radical (unpaired) electrons. The molecule has 2 aromatic rings. The molecule has 0 saturated carbocycles. The number of esters is 1. The van der Waals surface area contributed by atoms with Crippen LogP contribution in [-0.4, -0.2) is 23.3 Å². The van der Waals surface area contributed by atoms with Crippen molar-refractivity contribution in [3.05, 3.63) is 74.2 Å². The Bertz CT molecular complexity index is 777. The van der Waals surface area contributed by atoms with Gasteiger partial charge in [-0.2, -0.15) is 0 Å². The number of nitrogens with one attached hydrogen (secondary N) is 1. The van der Waals surface area contributed by atoms with Crippen molar-refractivity contribution in [2.24, 2.45) is 0 Å². The number of benzene rings is 2. The second-order valence-corrected chi connectivity index (χ2v) is 5.97. The van der Waals surface area contributed by atoms with Gasteiger partial charge in [0.1, 0.15) is 6.61 Å². The lowest BCUT2D eigenvalue weighted by atomic mass is 10.2. The van der Waals surface area contributed by atoms with Crippen molar-refractivity contribution in [3.63, 3.8) is 0 Å². The normalized spacial score (nSPS) is 10.1. The van der Waals surface area contributed by atoms with Crippen LogP contribution in [0.15, 0.2) is 53.0 Å². The zero-order valence-electron chi connectivity index (χ0n) is 13.1. The molecule has 0 unspecified atom stereocenters. The molecule has 25 heavy (non-hydrogen) atoms. The summed E-state index contributed by atoms with van der Waals surface area (Å²) in [6.45, 7) is -0.0682. The highest BCUT2D eigenvalue weighted by atomic mass is 79.9. The van der Waals surface area contributed by atoms with Crippen molar-refractivity contribution in [1.29, 1.82) is 0 Å². The van der Waals surface area contributed by atoms with Crippen LogP contribution in [-0.2, 0) is 16.1 Å². The highest BCUT2D eigenvalue weighted by molar-refractivity contribution is 9.10. The van der Waals surface area contributed by atoms with E-state index in [9.17, 15) is 19.7 Å². The summed E-state index contributed by atoms with van der Waals surface area (Å²) in [6.07, 6.45) is -0.0249. The minimum Gasteiger partial charge on any atom is -0.460 e. The van der Waals surface area contributed by atoms with E-state index in [2.05, 4.69) is 21.2 Å². The van der Waals surface area contributed by atoms with Crippen LogP contribution in [0.25, 0.3) is 0 Å². The van der Waals surface area contributed by atoms with Crippen LogP contribution < -0.4 is 5.32 Å². The fraction of sp³-hybridized carbons (Fsp3) is 0.176. The van der Waals surface area contributed by atoms with Gasteiger partial charge in [0, 0.05) is 22.6 Å². The Morgan fingerprint density at radius 2 is 1.80 bits per heavy atom. The van der Waals surface area contributed by atoms with Crippen molar-refractivity contribution in [2.45, 2.75) is 13.0 Å². The molecule has 0 bridgehead atoms. The van der Waals surface area contributed by atoms with E-state index in [0.29, 0.717) is 11.1 Å². The van der Waals surface area contributed by atoms with Crippen LogP contribution in [0.2, 0.25) is 0 Å². The van der Waals surface area contributed by atoms with Crippen molar-refractivity contribution in [2.75, 3.05) is 6.54 Å². The highest BCUT2D eigenvalue weighted by Gasteiger charge is 2.14.